The lowest BCUT2D eigenvalue weighted by Crippen LogP contribution is -2.26. The van der Waals surface area contributed by atoms with Crippen molar-refractivity contribution in [2.75, 3.05) is 6.54 Å². The summed E-state index contributed by atoms with van der Waals surface area (Å²) in [7, 11) is 0. The molecule has 1 rings (SSSR count). The van der Waals surface area contributed by atoms with Crippen LogP contribution in [0, 0.1) is 11.3 Å². The molecular formula is C9H17NO. The minimum Gasteiger partial charge on any atom is -0.329 e. The average molecular weight is 155 g/mol. The van der Waals surface area contributed by atoms with Gasteiger partial charge in [-0.2, -0.15) is 0 Å². The first kappa shape index (κ1) is 8.72. The number of rotatable bonds is 4. The van der Waals surface area contributed by atoms with Crippen molar-refractivity contribution in [1.82, 2.24) is 0 Å². The standard InChI is InChI=1S/C9H17NO/c1-7(2)5-8(11)9(6-10)3-4-9/h7H,3-6,10H2,1-2H3. The third-order valence-corrected chi connectivity index (χ3v) is 2.43. The highest BCUT2D eigenvalue weighted by molar-refractivity contribution is 5.87. The topological polar surface area (TPSA) is 43.1 Å². The van der Waals surface area contributed by atoms with Crippen LogP contribution in [0.5, 0.6) is 0 Å². The fraction of sp³-hybridized carbons (Fsp3) is 0.889. The maximum Gasteiger partial charge on any atom is 0.140 e. The Kier molecular flexibility index (Phi) is 2.33. The number of nitrogens with two attached hydrogens (primary N) is 1. The number of carbonyl (C=O) groups excluding carboxylic acids is 1. The maximum atomic E-state index is 11.5. The number of carbonyl (C=O) groups is 1. The van der Waals surface area contributed by atoms with E-state index >= 15 is 0 Å². The second-order valence-electron chi connectivity index (χ2n) is 4.01. The number of ketones is 1. The zero-order chi connectivity index (χ0) is 8.48. The molecule has 0 spiro atoms. The summed E-state index contributed by atoms with van der Waals surface area (Å²) >= 11 is 0. The van der Waals surface area contributed by atoms with Gasteiger partial charge < -0.3 is 5.73 Å². The summed E-state index contributed by atoms with van der Waals surface area (Å²) in [5.41, 5.74) is 5.45. The van der Waals surface area contributed by atoms with Crippen LogP contribution in [0.3, 0.4) is 0 Å². The minimum atomic E-state index is -0.0791. The Labute approximate surface area is 68.2 Å². The third-order valence-electron chi connectivity index (χ3n) is 2.43. The predicted octanol–water partition coefficient (Wildman–Crippen LogP) is 1.34. The minimum absolute atomic E-state index is 0.0791. The average Bonchev–Trinajstić information content (AvgIpc) is 2.65. The molecule has 0 atom stereocenters. The third kappa shape index (κ3) is 1.80. The van der Waals surface area contributed by atoms with E-state index in [9.17, 15) is 4.79 Å². The van der Waals surface area contributed by atoms with Crippen molar-refractivity contribution < 1.29 is 4.79 Å². The van der Waals surface area contributed by atoms with E-state index in [1.165, 1.54) is 0 Å². The van der Waals surface area contributed by atoms with Crippen molar-refractivity contribution in [3.63, 3.8) is 0 Å². The van der Waals surface area contributed by atoms with Gasteiger partial charge in [-0.05, 0) is 18.8 Å². The van der Waals surface area contributed by atoms with Crippen molar-refractivity contribution in [1.29, 1.82) is 0 Å². The summed E-state index contributed by atoms with van der Waals surface area (Å²) < 4.78 is 0. The molecule has 0 aliphatic heterocycles. The Bertz CT molecular complexity index is 159. The van der Waals surface area contributed by atoms with Crippen molar-refractivity contribution >= 4 is 5.78 Å². The first-order chi connectivity index (χ1) is 5.10. The SMILES string of the molecule is CC(C)CC(=O)C1(CN)CC1. The van der Waals surface area contributed by atoms with Crippen LogP contribution in [-0.2, 0) is 4.79 Å². The van der Waals surface area contributed by atoms with Gasteiger partial charge in [0.15, 0.2) is 0 Å². The van der Waals surface area contributed by atoms with E-state index in [1.807, 2.05) is 0 Å². The fourth-order valence-corrected chi connectivity index (χ4v) is 1.33. The van der Waals surface area contributed by atoms with E-state index in [1.54, 1.807) is 0 Å². The molecule has 1 fully saturated rings. The fourth-order valence-electron chi connectivity index (χ4n) is 1.33. The smallest absolute Gasteiger partial charge is 0.140 e. The molecule has 2 nitrogen and oxygen atoms in total. The Morgan fingerprint density at radius 3 is 2.36 bits per heavy atom. The van der Waals surface area contributed by atoms with Crippen molar-refractivity contribution in [2.24, 2.45) is 17.1 Å². The molecule has 0 radical (unpaired) electrons. The molecular weight excluding hydrogens is 138 g/mol. The van der Waals surface area contributed by atoms with E-state index in [-0.39, 0.29) is 5.41 Å². The molecule has 0 heterocycles. The Morgan fingerprint density at radius 2 is 2.09 bits per heavy atom. The summed E-state index contributed by atoms with van der Waals surface area (Å²) in [5.74, 6) is 0.863. The van der Waals surface area contributed by atoms with Crippen molar-refractivity contribution in [3.05, 3.63) is 0 Å². The quantitative estimate of drug-likeness (QED) is 0.665. The molecule has 0 bridgehead atoms. The molecule has 1 aliphatic rings. The molecule has 0 saturated heterocycles. The van der Waals surface area contributed by atoms with E-state index in [2.05, 4.69) is 13.8 Å². The zero-order valence-electron chi connectivity index (χ0n) is 7.39. The predicted molar refractivity (Wildman–Crippen MR) is 45.2 cm³/mol. The van der Waals surface area contributed by atoms with E-state index in [0.29, 0.717) is 24.7 Å². The van der Waals surface area contributed by atoms with Gasteiger partial charge in [0.2, 0.25) is 0 Å². The van der Waals surface area contributed by atoms with Gasteiger partial charge in [0.1, 0.15) is 5.78 Å². The summed E-state index contributed by atoms with van der Waals surface area (Å²) in [6, 6.07) is 0. The lowest BCUT2D eigenvalue weighted by Gasteiger charge is -2.11. The second-order valence-corrected chi connectivity index (χ2v) is 4.01. The van der Waals surface area contributed by atoms with E-state index < -0.39 is 0 Å². The van der Waals surface area contributed by atoms with Gasteiger partial charge >= 0.3 is 0 Å². The van der Waals surface area contributed by atoms with Crippen molar-refractivity contribution in [2.45, 2.75) is 33.1 Å². The second kappa shape index (κ2) is 2.94. The van der Waals surface area contributed by atoms with Gasteiger partial charge in [0.05, 0.1) is 0 Å². The highest BCUT2D eigenvalue weighted by Gasteiger charge is 2.47. The molecule has 2 heteroatoms. The van der Waals surface area contributed by atoms with Gasteiger partial charge in [-0.1, -0.05) is 13.8 Å². The van der Waals surface area contributed by atoms with E-state index in [0.717, 1.165) is 12.8 Å². The van der Waals surface area contributed by atoms with Crippen LogP contribution in [0.25, 0.3) is 0 Å². The normalized spacial score (nSPS) is 20.4. The maximum absolute atomic E-state index is 11.5. The Balaban J connectivity index is 2.41. The summed E-state index contributed by atoms with van der Waals surface area (Å²) in [4.78, 5) is 11.5. The number of Topliss-reactive ketones (excluding diaryl/α,β-unsaturated/α-hetero) is 1. The molecule has 64 valence electrons. The van der Waals surface area contributed by atoms with Crippen LogP contribution in [0.15, 0.2) is 0 Å². The highest BCUT2D eigenvalue weighted by atomic mass is 16.1. The largest absolute Gasteiger partial charge is 0.329 e. The van der Waals surface area contributed by atoms with Gasteiger partial charge in [0, 0.05) is 18.4 Å². The molecule has 0 amide bonds. The van der Waals surface area contributed by atoms with Crippen LogP contribution in [0.2, 0.25) is 0 Å². The lowest BCUT2D eigenvalue weighted by atomic mass is 9.94. The Hall–Kier alpha value is -0.370. The number of hydrogen-bond acceptors (Lipinski definition) is 2. The van der Waals surface area contributed by atoms with Gasteiger partial charge in [-0.15, -0.1) is 0 Å². The molecule has 0 aromatic heterocycles. The molecule has 0 unspecified atom stereocenters. The lowest BCUT2D eigenvalue weighted by molar-refractivity contribution is -0.124. The van der Waals surface area contributed by atoms with Gasteiger partial charge in [-0.25, -0.2) is 0 Å². The zero-order valence-corrected chi connectivity index (χ0v) is 7.39. The molecule has 11 heavy (non-hydrogen) atoms. The van der Waals surface area contributed by atoms with Crippen LogP contribution in [0.1, 0.15) is 33.1 Å². The molecule has 1 saturated carbocycles. The molecule has 0 aromatic carbocycles. The summed E-state index contributed by atoms with van der Waals surface area (Å²) in [6.45, 7) is 4.70. The summed E-state index contributed by atoms with van der Waals surface area (Å²) in [6.07, 6.45) is 2.75. The summed E-state index contributed by atoms with van der Waals surface area (Å²) in [5, 5.41) is 0. The Morgan fingerprint density at radius 1 is 1.55 bits per heavy atom. The van der Waals surface area contributed by atoms with Crippen molar-refractivity contribution in [3.8, 4) is 0 Å². The van der Waals surface area contributed by atoms with Gasteiger partial charge in [-0.3, -0.25) is 4.79 Å². The van der Waals surface area contributed by atoms with Crippen LogP contribution < -0.4 is 5.73 Å². The molecule has 1 aliphatic carbocycles. The molecule has 2 N–H and O–H groups in total. The van der Waals surface area contributed by atoms with Crippen LogP contribution in [-0.4, -0.2) is 12.3 Å². The monoisotopic (exact) mass is 155 g/mol. The first-order valence-corrected chi connectivity index (χ1v) is 4.34. The van der Waals surface area contributed by atoms with Gasteiger partial charge in [0.25, 0.3) is 0 Å². The van der Waals surface area contributed by atoms with Crippen LogP contribution in [0.4, 0.5) is 0 Å². The highest BCUT2D eigenvalue weighted by Crippen LogP contribution is 2.46. The van der Waals surface area contributed by atoms with Crippen LogP contribution >= 0.6 is 0 Å². The van der Waals surface area contributed by atoms with E-state index in [4.69, 9.17) is 5.73 Å². The molecule has 0 aromatic rings. The number of hydrogen-bond donors (Lipinski definition) is 1. The first-order valence-electron chi connectivity index (χ1n) is 4.34.